The number of para-hydroxylation sites is 1. The minimum absolute atomic E-state index is 0. The molecule has 0 radical (unpaired) electrons. The van der Waals surface area contributed by atoms with Crippen LogP contribution in [-0.2, 0) is 21.3 Å². The molecule has 1 aromatic carbocycles. The van der Waals surface area contributed by atoms with Crippen LogP contribution in [0.5, 0.6) is 0 Å². The van der Waals surface area contributed by atoms with E-state index in [1.807, 2.05) is 0 Å². The Morgan fingerprint density at radius 2 is 1.85 bits per heavy atom. The number of aromatic amines is 1. The van der Waals surface area contributed by atoms with Crippen molar-refractivity contribution in [3.05, 3.63) is 36.0 Å². The third-order valence-corrected chi connectivity index (χ3v) is 3.75. The number of carboxylic acid groups (broad SMARTS) is 1. The second kappa shape index (κ2) is 7.95. The Morgan fingerprint density at radius 1 is 1.25 bits per heavy atom. The van der Waals surface area contributed by atoms with Gasteiger partial charge in [0.2, 0.25) is 0 Å². The predicted molar refractivity (Wildman–Crippen MR) is 60.5 cm³/mol. The smallest absolute Gasteiger partial charge is 0.747 e. The average Bonchev–Trinajstić information content (AvgIpc) is 2.67. The normalized spacial score (nSPS) is 12.2. The zero-order chi connectivity index (χ0) is 13.3. The van der Waals surface area contributed by atoms with Crippen molar-refractivity contribution >= 4 is 27.0 Å². The standard InChI is InChI=1S/C11H11NO5S.2Na/c13-11(14)10(18(15,16)17)5-7-6-12-9-4-2-1-3-8(7)9;;/h1-4,6,10,12H,5H2,(H,13,14)(H,15,16,17);;/q;2*+1/p-2. The van der Waals surface area contributed by atoms with Gasteiger partial charge in [0.15, 0.2) is 0 Å². The number of benzene rings is 1. The first-order chi connectivity index (χ1) is 8.39. The van der Waals surface area contributed by atoms with Crippen molar-refractivity contribution in [1.29, 1.82) is 0 Å². The molecular weight excluding hydrogens is 304 g/mol. The van der Waals surface area contributed by atoms with Gasteiger partial charge in [-0.05, 0) is 18.1 Å². The van der Waals surface area contributed by atoms with E-state index in [0.29, 0.717) is 10.9 Å². The zero-order valence-electron chi connectivity index (χ0n) is 11.1. The van der Waals surface area contributed by atoms with Crippen LogP contribution in [0.2, 0.25) is 0 Å². The summed E-state index contributed by atoms with van der Waals surface area (Å²) in [7, 11) is -4.93. The van der Waals surface area contributed by atoms with Crippen molar-refractivity contribution in [2.75, 3.05) is 0 Å². The summed E-state index contributed by atoms with van der Waals surface area (Å²) in [4.78, 5) is 13.6. The quantitative estimate of drug-likeness (QED) is 0.445. The molecule has 0 spiro atoms. The molecule has 9 heteroatoms. The predicted octanol–water partition coefficient (Wildman–Crippen LogP) is -6.62. The number of carbonyl (C=O) groups is 1. The first-order valence-electron chi connectivity index (χ1n) is 5.10. The summed E-state index contributed by atoms with van der Waals surface area (Å²) in [6, 6.07) is 6.99. The van der Waals surface area contributed by atoms with Gasteiger partial charge in [0, 0.05) is 17.1 Å². The van der Waals surface area contributed by atoms with E-state index in [0.717, 1.165) is 5.52 Å². The molecule has 1 heterocycles. The molecule has 0 saturated heterocycles. The van der Waals surface area contributed by atoms with Crippen LogP contribution in [0.15, 0.2) is 30.5 Å². The number of aromatic nitrogens is 1. The minimum atomic E-state index is -4.93. The van der Waals surface area contributed by atoms with E-state index >= 15 is 0 Å². The second-order valence-corrected chi connectivity index (χ2v) is 5.42. The molecule has 0 aliphatic carbocycles. The van der Waals surface area contributed by atoms with Gasteiger partial charge in [-0.25, -0.2) is 8.42 Å². The molecule has 1 unspecified atom stereocenters. The van der Waals surface area contributed by atoms with Gasteiger partial charge in [-0.3, -0.25) is 0 Å². The van der Waals surface area contributed by atoms with E-state index in [4.69, 9.17) is 0 Å². The van der Waals surface area contributed by atoms with Gasteiger partial charge >= 0.3 is 59.1 Å². The van der Waals surface area contributed by atoms with Crippen LogP contribution >= 0.6 is 0 Å². The number of nitrogens with one attached hydrogen (secondary N) is 1. The van der Waals surface area contributed by atoms with E-state index < -0.39 is 27.8 Å². The van der Waals surface area contributed by atoms with E-state index in [1.165, 1.54) is 6.20 Å². The number of hydrogen-bond donors (Lipinski definition) is 1. The van der Waals surface area contributed by atoms with E-state index in [2.05, 4.69) is 4.98 Å². The van der Waals surface area contributed by atoms with Crippen LogP contribution < -0.4 is 64.2 Å². The van der Waals surface area contributed by atoms with E-state index in [-0.39, 0.29) is 59.1 Å². The fraction of sp³-hybridized carbons (Fsp3) is 0.182. The van der Waals surface area contributed by atoms with Crippen molar-refractivity contribution < 1.29 is 82.0 Å². The van der Waals surface area contributed by atoms with Gasteiger partial charge in [-0.15, -0.1) is 0 Å². The first kappa shape index (κ1) is 20.1. The van der Waals surface area contributed by atoms with Crippen LogP contribution in [0.4, 0.5) is 0 Å². The van der Waals surface area contributed by atoms with Crippen LogP contribution in [0, 0.1) is 0 Å². The molecule has 2 aromatic rings. The summed E-state index contributed by atoms with van der Waals surface area (Å²) in [5.41, 5.74) is 1.20. The Bertz CT molecular complexity index is 698. The van der Waals surface area contributed by atoms with Crippen molar-refractivity contribution in [2.45, 2.75) is 11.7 Å². The van der Waals surface area contributed by atoms with Crippen molar-refractivity contribution in [3.8, 4) is 0 Å². The third-order valence-electron chi connectivity index (χ3n) is 2.69. The van der Waals surface area contributed by atoms with Gasteiger partial charge in [0.05, 0.1) is 11.2 Å². The van der Waals surface area contributed by atoms with Gasteiger partial charge in [0.1, 0.15) is 10.1 Å². The summed E-state index contributed by atoms with van der Waals surface area (Å²) in [6.45, 7) is 0. The molecule has 96 valence electrons. The van der Waals surface area contributed by atoms with E-state index in [1.54, 1.807) is 24.3 Å². The minimum Gasteiger partial charge on any atom is -0.747 e. The fourth-order valence-corrected chi connectivity index (χ4v) is 2.42. The summed E-state index contributed by atoms with van der Waals surface area (Å²) in [6.07, 6.45) is 1.09. The topological polar surface area (TPSA) is 113 Å². The van der Waals surface area contributed by atoms with Gasteiger partial charge in [-0.1, -0.05) is 18.2 Å². The maximum Gasteiger partial charge on any atom is 1.00 e. The molecule has 0 bridgehead atoms. The molecule has 1 N–H and O–H groups in total. The SMILES string of the molecule is O=C([O-])C(Cc1c[nH]c2ccccc12)S(=O)(=O)[O-].[Na+].[Na+]. The Hall–Kier alpha value is 0.140. The first-order valence-corrected chi connectivity index (χ1v) is 6.57. The molecule has 1 atom stereocenters. The molecular formula is C11H9NNa2O5S. The van der Waals surface area contributed by atoms with Crippen LogP contribution in [0.1, 0.15) is 5.56 Å². The number of rotatable bonds is 4. The summed E-state index contributed by atoms with van der Waals surface area (Å²) < 4.78 is 32.5. The third kappa shape index (κ3) is 4.57. The number of fused-ring (bicyclic) bond motifs is 1. The Labute approximate surface area is 160 Å². The molecule has 1 aromatic heterocycles. The van der Waals surface area contributed by atoms with Crippen molar-refractivity contribution in [2.24, 2.45) is 0 Å². The maximum absolute atomic E-state index is 10.8. The molecule has 0 aliphatic rings. The number of aliphatic carboxylic acids is 1. The largest absolute Gasteiger partial charge is 1.00 e. The number of carbonyl (C=O) groups excluding carboxylic acids is 1. The van der Waals surface area contributed by atoms with Gasteiger partial charge in [-0.2, -0.15) is 0 Å². The van der Waals surface area contributed by atoms with Crippen molar-refractivity contribution in [3.63, 3.8) is 0 Å². The summed E-state index contributed by atoms with van der Waals surface area (Å²) >= 11 is 0. The summed E-state index contributed by atoms with van der Waals surface area (Å²) in [5.74, 6) is -1.88. The molecule has 20 heavy (non-hydrogen) atoms. The van der Waals surface area contributed by atoms with Crippen LogP contribution in [0.3, 0.4) is 0 Å². The van der Waals surface area contributed by atoms with Crippen LogP contribution in [-0.4, -0.2) is 29.2 Å². The second-order valence-electron chi connectivity index (χ2n) is 3.86. The molecule has 2 rings (SSSR count). The number of H-pyrrole nitrogens is 1. The Kier molecular flexibility index (Phi) is 8.01. The molecule has 0 amide bonds. The average molecular weight is 313 g/mol. The number of carboxylic acids is 1. The van der Waals surface area contributed by atoms with Gasteiger partial charge < -0.3 is 19.4 Å². The van der Waals surface area contributed by atoms with Gasteiger partial charge in [0.25, 0.3) is 0 Å². The molecule has 0 saturated carbocycles. The maximum atomic E-state index is 10.8. The fourth-order valence-electron chi connectivity index (χ4n) is 1.80. The molecule has 6 nitrogen and oxygen atoms in total. The zero-order valence-corrected chi connectivity index (χ0v) is 15.9. The Morgan fingerprint density at radius 3 is 2.40 bits per heavy atom. The Balaban J connectivity index is 0.00000180. The van der Waals surface area contributed by atoms with E-state index in [9.17, 15) is 22.9 Å². The molecule has 0 fully saturated rings. The summed E-state index contributed by atoms with van der Waals surface area (Å²) in [5, 5.41) is 9.32. The van der Waals surface area contributed by atoms with Crippen LogP contribution in [0.25, 0.3) is 10.9 Å². The number of hydrogen-bond acceptors (Lipinski definition) is 5. The molecule has 0 aliphatic heterocycles. The monoisotopic (exact) mass is 313 g/mol. The van der Waals surface area contributed by atoms with Crippen molar-refractivity contribution in [1.82, 2.24) is 4.98 Å².